The van der Waals surface area contributed by atoms with Gasteiger partial charge in [-0.15, -0.1) is 0 Å². The first-order chi connectivity index (χ1) is 18.4. The smallest absolute Gasteiger partial charge is 0.319 e. The lowest BCUT2D eigenvalue weighted by atomic mass is 10.1. The molecular formula is C28H34N4O6. The maximum absolute atomic E-state index is 12.3. The van der Waals surface area contributed by atoms with Gasteiger partial charge in [0, 0.05) is 24.5 Å². The maximum atomic E-state index is 12.3. The molecule has 0 heterocycles. The zero-order valence-electron chi connectivity index (χ0n) is 22.1. The van der Waals surface area contributed by atoms with Gasteiger partial charge in [-0.25, -0.2) is 9.59 Å². The normalized spacial score (nSPS) is 10.2. The van der Waals surface area contributed by atoms with Crippen molar-refractivity contribution >= 4 is 23.4 Å². The van der Waals surface area contributed by atoms with E-state index in [0.717, 1.165) is 11.1 Å². The zero-order chi connectivity index (χ0) is 27.3. The fourth-order valence-electron chi connectivity index (χ4n) is 3.74. The van der Waals surface area contributed by atoms with Crippen LogP contribution in [0.15, 0.2) is 60.7 Å². The highest BCUT2D eigenvalue weighted by molar-refractivity contribution is 5.92. The van der Waals surface area contributed by atoms with Crippen LogP contribution in [0.4, 0.5) is 21.0 Å². The molecule has 0 radical (unpaired) electrons. The van der Waals surface area contributed by atoms with Gasteiger partial charge in [-0.05, 0) is 66.4 Å². The van der Waals surface area contributed by atoms with Gasteiger partial charge < -0.3 is 40.2 Å². The minimum Gasteiger partial charge on any atom is -0.493 e. The molecule has 0 bridgehead atoms. The van der Waals surface area contributed by atoms with E-state index >= 15 is 0 Å². The van der Waals surface area contributed by atoms with E-state index in [1.165, 1.54) is 0 Å². The third-order valence-corrected chi connectivity index (χ3v) is 5.67. The van der Waals surface area contributed by atoms with Crippen LogP contribution in [0.5, 0.6) is 23.0 Å². The van der Waals surface area contributed by atoms with E-state index in [2.05, 4.69) is 21.3 Å². The van der Waals surface area contributed by atoms with Crippen molar-refractivity contribution in [2.45, 2.75) is 12.8 Å². The van der Waals surface area contributed by atoms with Crippen LogP contribution in [0.3, 0.4) is 0 Å². The van der Waals surface area contributed by atoms with Crippen molar-refractivity contribution in [3.63, 3.8) is 0 Å². The molecule has 3 aromatic carbocycles. The summed E-state index contributed by atoms with van der Waals surface area (Å²) in [5.74, 6) is 2.59. The van der Waals surface area contributed by atoms with E-state index in [1.807, 2.05) is 36.4 Å². The molecule has 38 heavy (non-hydrogen) atoms. The van der Waals surface area contributed by atoms with Crippen molar-refractivity contribution < 1.29 is 28.5 Å². The van der Waals surface area contributed by atoms with E-state index in [9.17, 15) is 9.59 Å². The number of ether oxygens (including phenoxy) is 4. The second-order valence-corrected chi connectivity index (χ2v) is 8.22. The van der Waals surface area contributed by atoms with Crippen LogP contribution in [-0.4, -0.2) is 53.6 Å². The summed E-state index contributed by atoms with van der Waals surface area (Å²) in [5, 5.41) is 11.2. The number of hydrogen-bond donors (Lipinski definition) is 4. The Balaban J connectivity index is 1.42. The Bertz CT molecular complexity index is 1140. The second kappa shape index (κ2) is 14.2. The Morgan fingerprint density at radius 1 is 0.579 bits per heavy atom. The van der Waals surface area contributed by atoms with E-state index in [-0.39, 0.29) is 12.1 Å². The lowest BCUT2D eigenvalue weighted by Gasteiger charge is -2.12. The molecule has 0 saturated heterocycles. The molecule has 10 nitrogen and oxygen atoms in total. The third-order valence-electron chi connectivity index (χ3n) is 5.67. The number of amides is 4. The van der Waals surface area contributed by atoms with Crippen molar-refractivity contribution in [2.24, 2.45) is 0 Å². The first-order valence-electron chi connectivity index (χ1n) is 12.1. The molecule has 0 aliphatic carbocycles. The van der Waals surface area contributed by atoms with Crippen molar-refractivity contribution in [3.05, 3.63) is 71.8 Å². The van der Waals surface area contributed by atoms with Crippen molar-refractivity contribution in [3.8, 4) is 23.0 Å². The number of urea groups is 2. The van der Waals surface area contributed by atoms with Gasteiger partial charge in [0.2, 0.25) is 0 Å². The summed E-state index contributed by atoms with van der Waals surface area (Å²) >= 11 is 0. The Labute approximate surface area is 222 Å². The molecule has 202 valence electrons. The predicted octanol–water partition coefficient (Wildman–Crippen LogP) is 4.45. The second-order valence-electron chi connectivity index (χ2n) is 8.22. The Morgan fingerprint density at radius 2 is 1.00 bits per heavy atom. The van der Waals surface area contributed by atoms with Gasteiger partial charge >= 0.3 is 12.1 Å². The molecule has 3 aromatic rings. The maximum Gasteiger partial charge on any atom is 0.319 e. The summed E-state index contributed by atoms with van der Waals surface area (Å²) < 4.78 is 21.1. The molecule has 0 spiro atoms. The molecule has 0 fully saturated rings. The summed E-state index contributed by atoms with van der Waals surface area (Å²) in [4.78, 5) is 24.7. The number of nitrogens with one attached hydrogen (secondary N) is 4. The van der Waals surface area contributed by atoms with Gasteiger partial charge in [-0.2, -0.15) is 0 Å². The van der Waals surface area contributed by atoms with Gasteiger partial charge in [0.1, 0.15) is 0 Å². The lowest BCUT2D eigenvalue weighted by Crippen LogP contribution is -2.31. The van der Waals surface area contributed by atoms with Crippen molar-refractivity contribution in [1.29, 1.82) is 0 Å². The molecule has 0 unspecified atom stereocenters. The highest BCUT2D eigenvalue weighted by atomic mass is 16.5. The number of carbonyl (C=O) groups is 2. The van der Waals surface area contributed by atoms with Crippen LogP contribution in [0, 0.1) is 0 Å². The summed E-state index contributed by atoms with van der Waals surface area (Å²) in [5.41, 5.74) is 3.12. The molecular weight excluding hydrogens is 488 g/mol. The summed E-state index contributed by atoms with van der Waals surface area (Å²) in [6.07, 6.45) is 1.25. The largest absolute Gasteiger partial charge is 0.493 e. The summed E-state index contributed by atoms with van der Waals surface area (Å²) in [6.45, 7) is 0.865. The van der Waals surface area contributed by atoms with Gasteiger partial charge in [0.15, 0.2) is 23.0 Å². The molecule has 4 N–H and O–H groups in total. The standard InChI is InChI=1S/C28H34N4O6/c1-35-23-10-8-19(16-25(23)37-3)12-14-29-27(33)31-21-6-5-7-22(18-21)32-28(34)30-15-13-20-9-11-24(36-2)26(17-20)38-4/h5-11,16-18H,12-15H2,1-4H3,(H2,29,31,33)(H2,30,32,34). The molecule has 0 aliphatic rings. The highest BCUT2D eigenvalue weighted by Crippen LogP contribution is 2.28. The molecule has 0 saturated carbocycles. The fourth-order valence-corrected chi connectivity index (χ4v) is 3.74. The lowest BCUT2D eigenvalue weighted by molar-refractivity contribution is 0.251. The fraction of sp³-hybridized carbons (Fsp3) is 0.286. The average Bonchev–Trinajstić information content (AvgIpc) is 2.93. The number of benzene rings is 3. The Morgan fingerprint density at radius 3 is 1.39 bits per heavy atom. The molecule has 10 heteroatoms. The first-order valence-corrected chi connectivity index (χ1v) is 12.1. The Kier molecular flexibility index (Phi) is 10.5. The quantitative estimate of drug-likeness (QED) is 0.279. The SMILES string of the molecule is COc1ccc(CCNC(=O)Nc2cccc(NC(=O)NCCc3ccc(OC)c(OC)c3)c2)cc1OC. The average molecular weight is 523 g/mol. The van der Waals surface area contributed by atoms with E-state index in [1.54, 1.807) is 52.7 Å². The highest BCUT2D eigenvalue weighted by Gasteiger charge is 2.08. The van der Waals surface area contributed by atoms with E-state index in [4.69, 9.17) is 18.9 Å². The number of carbonyl (C=O) groups excluding carboxylic acids is 2. The van der Waals surface area contributed by atoms with Crippen LogP contribution < -0.4 is 40.2 Å². The van der Waals surface area contributed by atoms with Crippen LogP contribution in [0.25, 0.3) is 0 Å². The number of anilines is 2. The van der Waals surface area contributed by atoms with Crippen LogP contribution >= 0.6 is 0 Å². The predicted molar refractivity (Wildman–Crippen MR) is 147 cm³/mol. The van der Waals surface area contributed by atoms with Gasteiger partial charge in [0.05, 0.1) is 28.4 Å². The summed E-state index contributed by atoms with van der Waals surface area (Å²) in [6, 6.07) is 17.5. The van der Waals surface area contributed by atoms with Crippen LogP contribution in [0.2, 0.25) is 0 Å². The summed E-state index contributed by atoms with van der Waals surface area (Å²) in [7, 11) is 6.34. The van der Waals surface area contributed by atoms with Crippen LogP contribution in [-0.2, 0) is 12.8 Å². The first kappa shape index (κ1) is 28.0. The molecule has 0 aromatic heterocycles. The molecule has 3 rings (SSSR count). The van der Waals surface area contributed by atoms with Crippen LogP contribution in [0.1, 0.15) is 11.1 Å². The zero-order valence-corrected chi connectivity index (χ0v) is 22.1. The monoisotopic (exact) mass is 522 g/mol. The van der Waals surface area contributed by atoms with Gasteiger partial charge in [-0.3, -0.25) is 0 Å². The molecule has 0 atom stereocenters. The number of rotatable bonds is 12. The minimum atomic E-state index is -0.345. The Hall–Kier alpha value is -4.60. The molecule has 0 aliphatic heterocycles. The van der Waals surface area contributed by atoms with Crippen molar-refractivity contribution in [2.75, 3.05) is 52.2 Å². The number of hydrogen-bond acceptors (Lipinski definition) is 6. The van der Waals surface area contributed by atoms with Crippen molar-refractivity contribution in [1.82, 2.24) is 10.6 Å². The minimum absolute atomic E-state index is 0.345. The van der Waals surface area contributed by atoms with Gasteiger partial charge in [-0.1, -0.05) is 18.2 Å². The third kappa shape index (κ3) is 8.22. The van der Waals surface area contributed by atoms with E-state index in [0.29, 0.717) is 60.3 Å². The molecule has 4 amide bonds. The van der Waals surface area contributed by atoms with E-state index < -0.39 is 0 Å². The number of methoxy groups -OCH3 is 4. The topological polar surface area (TPSA) is 119 Å². The van der Waals surface area contributed by atoms with Gasteiger partial charge in [0.25, 0.3) is 0 Å².